The number of nitrogens with zero attached hydrogens (tertiary/aromatic N) is 1. The highest BCUT2D eigenvalue weighted by Gasteiger charge is 2.40. The summed E-state index contributed by atoms with van der Waals surface area (Å²) in [6.45, 7) is 0. The van der Waals surface area contributed by atoms with Crippen molar-refractivity contribution in [2.45, 2.75) is 38.1 Å². The Hall–Kier alpha value is -1.95. The second-order valence-electron chi connectivity index (χ2n) is 8.22. The Bertz CT molecular complexity index is 973. The van der Waals surface area contributed by atoms with Crippen LogP contribution in [0.25, 0.3) is 20.8 Å². The van der Waals surface area contributed by atoms with Gasteiger partial charge in [0.05, 0.1) is 15.9 Å². The Morgan fingerprint density at radius 3 is 2.48 bits per heavy atom. The number of carbonyl (C=O) groups excluding carboxylic acids is 1. The van der Waals surface area contributed by atoms with Gasteiger partial charge in [-0.2, -0.15) is 0 Å². The van der Waals surface area contributed by atoms with E-state index in [0.29, 0.717) is 11.8 Å². The molecule has 152 valence electrons. The molecule has 2 aliphatic rings. The smallest absolute Gasteiger partial charge is 0.227 e. The second kappa shape index (κ2) is 8.42. The molecule has 1 heterocycles. The van der Waals surface area contributed by atoms with Crippen molar-refractivity contribution in [3.63, 3.8) is 0 Å². The predicted octanol–water partition coefficient (Wildman–Crippen LogP) is 5.48. The van der Waals surface area contributed by atoms with Gasteiger partial charge in [-0.3, -0.25) is 4.79 Å². The minimum Gasteiger partial charge on any atom is -0.327 e. The molecule has 2 unspecified atom stereocenters. The molecule has 2 aliphatic carbocycles. The third-order valence-electron chi connectivity index (χ3n) is 6.49. The maximum Gasteiger partial charge on any atom is 0.227 e. The first-order valence-corrected chi connectivity index (χ1v) is 11.0. The minimum absolute atomic E-state index is 0. The molecule has 0 radical (unpaired) electrons. The normalized spacial score (nSPS) is 26.0. The van der Waals surface area contributed by atoms with Crippen LogP contribution in [0.1, 0.15) is 32.1 Å². The summed E-state index contributed by atoms with van der Waals surface area (Å²) in [5.74, 6) is 1.21. The van der Waals surface area contributed by atoms with E-state index in [9.17, 15) is 4.79 Å². The summed E-state index contributed by atoms with van der Waals surface area (Å²) < 4.78 is 1.16. The van der Waals surface area contributed by atoms with Crippen LogP contribution >= 0.6 is 23.7 Å². The van der Waals surface area contributed by atoms with Crippen molar-refractivity contribution < 1.29 is 4.79 Å². The average molecular weight is 428 g/mol. The summed E-state index contributed by atoms with van der Waals surface area (Å²) in [7, 11) is 0. The molecule has 4 nitrogen and oxygen atoms in total. The van der Waals surface area contributed by atoms with Crippen LogP contribution in [0.15, 0.2) is 48.5 Å². The molecular formula is C23H26ClN3OS. The molecule has 6 heteroatoms. The van der Waals surface area contributed by atoms with Gasteiger partial charge in [-0.25, -0.2) is 4.98 Å². The van der Waals surface area contributed by atoms with Gasteiger partial charge in [0.25, 0.3) is 0 Å². The maximum absolute atomic E-state index is 13.1. The molecule has 2 fully saturated rings. The van der Waals surface area contributed by atoms with Crippen LogP contribution in [-0.4, -0.2) is 16.9 Å². The predicted molar refractivity (Wildman–Crippen MR) is 122 cm³/mol. The first-order chi connectivity index (χ1) is 13.7. The monoisotopic (exact) mass is 427 g/mol. The van der Waals surface area contributed by atoms with Crippen molar-refractivity contribution >= 4 is 45.6 Å². The molecule has 2 atom stereocenters. The summed E-state index contributed by atoms with van der Waals surface area (Å²) in [6, 6.07) is 16.4. The van der Waals surface area contributed by atoms with Crippen LogP contribution in [0.4, 0.5) is 5.69 Å². The Balaban J connectivity index is 0.00000205. The van der Waals surface area contributed by atoms with Crippen LogP contribution in [-0.2, 0) is 4.79 Å². The van der Waals surface area contributed by atoms with Crippen LogP contribution < -0.4 is 11.1 Å². The lowest BCUT2D eigenvalue weighted by atomic mass is 9.65. The SMILES string of the molecule is Cl.NC1C2CCCC1CC(C(=O)Nc1ccccc1-c1nc3ccccc3s1)C2. The van der Waals surface area contributed by atoms with E-state index in [0.717, 1.165) is 39.3 Å². The van der Waals surface area contributed by atoms with Crippen molar-refractivity contribution in [1.29, 1.82) is 0 Å². The van der Waals surface area contributed by atoms with Crippen molar-refractivity contribution in [1.82, 2.24) is 4.98 Å². The summed E-state index contributed by atoms with van der Waals surface area (Å²) >= 11 is 1.66. The van der Waals surface area contributed by atoms with Gasteiger partial charge in [-0.15, -0.1) is 23.7 Å². The number of amides is 1. The lowest BCUT2D eigenvalue weighted by Crippen LogP contribution is -2.48. The number of halogens is 1. The number of anilines is 1. The minimum atomic E-state index is 0. The number of para-hydroxylation sites is 2. The highest BCUT2D eigenvalue weighted by atomic mass is 35.5. The van der Waals surface area contributed by atoms with E-state index in [1.807, 2.05) is 42.5 Å². The fourth-order valence-electron chi connectivity index (χ4n) is 5.00. The molecule has 5 rings (SSSR count). The first kappa shape index (κ1) is 20.3. The zero-order valence-corrected chi connectivity index (χ0v) is 17.8. The number of nitrogens with one attached hydrogen (secondary N) is 1. The highest BCUT2D eigenvalue weighted by molar-refractivity contribution is 7.21. The zero-order chi connectivity index (χ0) is 19.1. The molecule has 3 N–H and O–H groups in total. The lowest BCUT2D eigenvalue weighted by molar-refractivity contribution is -0.122. The van der Waals surface area contributed by atoms with E-state index in [1.165, 1.54) is 19.3 Å². The number of hydrogen-bond donors (Lipinski definition) is 2. The van der Waals surface area contributed by atoms with Crippen molar-refractivity contribution in [2.24, 2.45) is 23.5 Å². The summed E-state index contributed by atoms with van der Waals surface area (Å²) in [6.07, 6.45) is 5.45. The maximum atomic E-state index is 13.1. The summed E-state index contributed by atoms with van der Waals surface area (Å²) in [5, 5.41) is 4.16. The van der Waals surface area contributed by atoms with Crippen LogP contribution in [0.2, 0.25) is 0 Å². The fraction of sp³-hybridized carbons (Fsp3) is 0.391. The molecule has 1 aromatic heterocycles. The molecular weight excluding hydrogens is 402 g/mol. The van der Waals surface area contributed by atoms with Gasteiger partial charge in [-0.05, 0) is 61.8 Å². The Morgan fingerprint density at radius 2 is 1.72 bits per heavy atom. The largest absolute Gasteiger partial charge is 0.327 e. The van der Waals surface area contributed by atoms with Crippen molar-refractivity contribution in [3.8, 4) is 10.6 Å². The Morgan fingerprint density at radius 1 is 1.03 bits per heavy atom. The number of hydrogen-bond acceptors (Lipinski definition) is 4. The number of benzene rings is 2. The van der Waals surface area contributed by atoms with Gasteiger partial charge in [-0.1, -0.05) is 30.7 Å². The van der Waals surface area contributed by atoms with Crippen LogP contribution in [0.3, 0.4) is 0 Å². The third-order valence-corrected chi connectivity index (χ3v) is 7.56. The van der Waals surface area contributed by atoms with Crippen molar-refractivity contribution in [2.75, 3.05) is 5.32 Å². The van der Waals surface area contributed by atoms with E-state index < -0.39 is 0 Å². The number of carbonyl (C=O) groups is 1. The molecule has 3 aromatic rings. The number of rotatable bonds is 3. The van der Waals surface area contributed by atoms with Gasteiger partial charge in [0, 0.05) is 17.5 Å². The molecule has 2 saturated carbocycles. The molecule has 29 heavy (non-hydrogen) atoms. The van der Waals surface area contributed by atoms with Gasteiger partial charge in [0.15, 0.2) is 0 Å². The average Bonchev–Trinajstić information content (AvgIpc) is 3.12. The number of nitrogens with two attached hydrogens (primary N) is 1. The van der Waals surface area contributed by atoms with Gasteiger partial charge < -0.3 is 11.1 Å². The molecule has 0 aliphatic heterocycles. The zero-order valence-electron chi connectivity index (χ0n) is 16.2. The summed E-state index contributed by atoms with van der Waals surface area (Å²) in [4.78, 5) is 17.9. The highest BCUT2D eigenvalue weighted by Crippen LogP contribution is 2.42. The molecule has 2 bridgehead atoms. The van der Waals surface area contributed by atoms with Gasteiger partial charge in [0.1, 0.15) is 5.01 Å². The van der Waals surface area contributed by atoms with Gasteiger partial charge in [0.2, 0.25) is 5.91 Å². The number of thiazole rings is 1. The van der Waals surface area contributed by atoms with Crippen LogP contribution in [0, 0.1) is 17.8 Å². The molecule has 0 saturated heterocycles. The molecule has 1 amide bonds. The van der Waals surface area contributed by atoms with E-state index in [1.54, 1.807) is 11.3 Å². The Labute approximate surface area is 181 Å². The van der Waals surface area contributed by atoms with Crippen LogP contribution in [0.5, 0.6) is 0 Å². The number of aromatic nitrogens is 1. The Kier molecular flexibility index (Phi) is 5.91. The fourth-order valence-corrected chi connectivity index (χ4v) is 6.01. The quantitative estimate of drug-likeness (QED) is 0.581. The first-order valence-electron chi connectivity index (χ1n) is 10.2. The van der Waals surface area contributed by atoms with Gasteiger partial charge >= 0.3 is 0 Å². The molecule has 0 spiro atoms. The van der Waals surface area contributed by atoms with E-state index in [4.69, 9.17) is 10.7 Å². The molecule has 2 aromatic carbocycles. The second-order valence-corrected chi connectivity index (χ2v) is 9.25. The standard InChI is InChI=1S/C23H25N3OS.ClH/c24-21-14-6-5-7-15(21)13-16(12-14)22(27)25-18-9-2-1-8-17(18)23-26-19-10-3-4-11-20(19)28-23;/h1-4,8-11,14-16,21H,5-7,12-13,24H2,(H,25,27);1H. The topological polar surface area (TPSA) is 68.0 Å². The van der Waals surface area contributed by atoms with E-state index in [2.05, 4.69) is 11.4 Å². The number of fused-ring (bicyclic) bond motifs is 3. The lowest BCUT2D eigenvalue weighted by Gasteiger charge is -2.43. The van der Waals surface area contributed by atoms with E-state index in [-0.39, 0.29) is 30.3 Å². The summed E-state index contributed by atoms with van der Waals surface area (Å²) in [5.41, 5.74) is 9.24. The third kappa shape index (κ3) is 3.91. The van der Waals surface area contributed by atoms with E-state index >= 15 is 0 Å². The van der Waals surface area contributed by atoms with Crippen molar-refractivity contribution in [3.05, 3.63) is 48.5 Å².